The molecule has 0 aromatic carbocycles. The van der Waals surface area contributed by atoms with Crippen molar-refractivity contribution in [1.82, 2.24) is 0 Å². The third-order valence-corrected chi connectivity index (χ3v) is 0.716. The van der Waals surface area contributed by atoms with Gasteiger partial charge in [0.2, 0.25) is 0 Å². The maximum absolute atomic E-state index is 10.3. The van der Waals surface area contributed by atoms with Gasteiger partial charge in [0, 0.05) is 0 Å². The monoisotopic (exact) mass is 142 g/mol. The zero-order chi connectivity index (χ0) is 7.98. The lowest BCUT2D eigenvalue weighted by atomic mass is 10.3. The van der Waals surface area contributed by atoms with Crippen LogP contribution in [0.4, 0.5) is 0 Å². The summed E-state index contributed by atoms with van der Waals surface area (Å²) < 4.78 is 4.02. The third-order valence-electron chi connectivity index (χ3n) is 0.716. The molecule has 0 spiro atoms. The molecule has 0 aromatic rings. The number of aliphatic carboxylic acids is 1. The molecule has 0 heterocycles. The Kier molecular flexibility index (Phi) is 3.73. The van der Waals surface area contributed by atoms with E-state index in [9.17, 15) is 9.59 Å². The highest BCUT2D eigenvalue weighted by atomic mass is 16.5. The summed E-state index contributed by atoms with van der Waals surface area (Å²) in [4.78, 5) is 20.2. The minimum absolute atomic E-state index is 0.181. The first-order valence-corrected chi connectivity index (χ1v) is 2.54. The van der Waals surface area contributed by atoms with Gasteiger partial charge in [-0.25, -0.2) is 0 Å². The van der Waals surface area contributed by atoms with Gasteiger partial charge in [-0.2, -0.15) is 0 Å². The molecular formula is C6H6O4. The van der Waals surface area contributed by atoms with E-state index in [-0.39, 0.29) is 12.8 Å². The quantitative estimate of drug-likeness (QED) is 0.444. The lowest BCUT2D eigenvalue weighted by Gasteiger charge is -1.91. The molecule has 1 N–H and O–H groups in total. The number of esters is 1. The summed E-state index contributed by atoms with van der Waals surface area (Å²) in [6.07, 6.45) is 5.81. The van der Waals surface area contributed by atoms with Crippen molar-refractivity contribution in [1.29, 1.82) is 0 Å². The van der Waals surface area contributed by atoms with Crippen LogP contribution in [0.1, 0.15) is 12.8 Å². The highest BCUT2D eigenvalue weighted by molar-refractivity contribution is 5.77. The number of ether oxygens (including phenoxy) is 1. The molecule has 0 saturated heterocycles. The Morgan fingerprint density at radius 3 is 2.50 bits per heavy atom. The molecule has 0 radical (unpaired) electrons. The van der Waals surface area contributed by atoms with Crippen molar-refractivity contribution in [2.24, 2.45) is 0 Å². The zero-order valence-electron chi connectivity index (χ0n) is 5.16. The van der Waals surface area contributed by atoms with Gasteiger partial charge in [-0.1, -0.05) is 6.42 Å². The Bertz CT molecular complexity index is 177. The van der Waals surface area contributed by atoms with Crippen molar-refractivity contribution in [2.75, 3.05) is 0 Å². The smallest absolute Gasteiger partial charge is 0.320 e. The fourth-order valence-corrected chi connectivity index (χ4v) is 0.326. The number of terminal acetylenes is 1. The molecule has 0 unspecified atom stereocenters. The summed E-state index contributed by atoms with van der Waals surface area (Å²) >= 11 is 0. The molecule has 54 valence electrons. The van der Waals surface area contributed by atoms with Crippen LogP contribution in [0, 0.1) is 12.5 Å². The molecule has 0 aliphatic carbocycles. The average molecular weight is 142 g/mol. The Balaban J connectivity index is 3.42. The molecule has 4 heteroatoms. The first-order chi connectivity index (χ1) is 4.66. The van der Waals surface area contributed by atoms with E-state index in [1.54, 1.807) is 6.11 Å². The highest BCUT2D eigenvalue weighted by Crippen LogP contribution is 1.90. The molecular weight excluding hydrogens is 136 g/mol. The lowest BCUT2D eigenvalue weighted by Crippen LogP contribution is -2.03. The summed E-state index contributed by atoms with van der Waals surface area (Å²) in [5.74, 6) is -1.74. The van der Waals surface area contributed by atoms with Crippen molar-refractivity contribution in [3.8, 4) is 12.5 Å². The number of carboxylic acids is 1. The second kappa shape index (κ2) is 4.39. The van der Waals surface area contributed by atoms with E-state index in [1.807, 2.05) is 0 Å². The fourth-order valence-electron chi connectivity index (χ4n) is 0.326. The maximum atomic E-state index is 10.3. The predicted octanol–water partition coefficient (Wildman–Crippen LogP) is -0.0149. The maximum Gasteiger partial charge on any atom is 0.320 e. The minimum atomic E-state index is -1.05. The SMILES string of the molecule is C#COC(=O)CCC(=O)O. The molecule has 0 fully saturated rings. The van der Waals surface area contributed by atoms with Crippen LogP contribution in [0.25, 0.3) is 0 Å². The topological polar surface area (TPSA) is 63.6 Å². The Morgan fingerprint density at radius 1 is 1.50 bits per heavy atom. The molecule has 0 rings (SSSR count). The molecule has 0 saturated carbocycles. The van der Waals surface area contributed by atoms with Crippen LogP contribution in [0.15, 0.2) is 0 Å². The van der Waals surface area contributed by atoms with E-state index in [2.05, 4.69) is 11.2 Å². The van der Waals surface area contributed by atoms with Gasteiger partial charge in [0.1, 0.15) is 6.11 Å². The van der Waals surface area contributed by atoms with E-state index >= 15 is 0 Å². The molecule has 0 aromatic heterocycles. The van der Waals surface area contributed by atoms with E-state index in [0.29, 0.717) is 0 Å². The van der Waals surface area contributed by atoms with Crippen LogP contribution in [0.2, 0.25) is 0 Å². The van der Waals surface area contributed by atoms with Crippen LogP contribution in [-0.4, -0.2) is 17.0 Å². The van der Waals surface area contributed by atoms with Crippen molar-refractivity contribution in [3.63, 3.8) is 0 Å². The molecule has 0 aliphatic heterocycles. The van der Waals surface area contributed by atoms with Gasteiger partial charge in [0.05, 0.1) is 12.8 Å². The van der Waals surface area contributed by atoms with Crippen LogP contribution in [-0.2, 0) is 14.3 Å². The number of carbonyl (C=O) groups is 2. The molecule has 0 amide bonds. The van der Waals surface area contributed by atoms with Crippen molar-refractivity contribution in [2.45, 2.75) is 12.8 Å². The lowest BCUT2D eigenvalue weighted by molar-refractivity contribution is -0.143. The number of rotatable bonds is 3. The standard InChI is InChI=1S/C6H6O4/c1-2-10-6(9)4-3-5(7)8/h1H,3-4H2,(H,7,8). The summed E-state index contributed by atoms with van der Waals surface area (Å²) in [5, 5.41) is 8.07. The van der Waals surface area contributed by atoms with Crippen LogP contribution < -0.4 is 0 Å². The van der Waals surface area contributed by atoms with Gasteiger partial charge in [0.25, 0.3) is 0 Å². The number of carboxylic acid groups (broad SMARTS) is 1. The Hall–Kier alpha value is -1.50. The number of carbonyl (C=O) groups excluding carboxylic acids is 1. The molecule has 10 heavy (non-hydrogen) atoms. The summed E-state index contributed by atoms with van der Waals surface area (Å²) in [5.41, 5.74) is 0. The second-order valence-electron chi connectivity index (χ2n) is 1.49. The molecule has 0 aliphatic rings. The minimum Gasteiger partial charge on any atom is -0.481 e. The van der Waals surface area contributed by atoms with Crippen molar-refractivity contribution in [3.05, 3.63) is 0 Å². The molecule has 0 atom stereocenters. The highest BCUT2D eigenvalue weighted by Gasteiger charge is 2.04. The van der Waals surface area contributed by atoms with Crippen LogP contribution in [0.3, 0.4) is 0 Å². The Labute approximate surface area is 57.8 Å². The van der Waals surface area contributed by atoms with E-state index in [4.69, 9.17) is 5.11 Å². The first kappa shape index (κ1) is 8.50. The van der Waals surface area contributed by atoms with E-state index < -0.39 is 11.9 Å². The first-order valence-electron chi connectivity index (χ1n) is 2.54. The van der Waals surface area contributed by atoms with Gasteiger partial charge >= 0.3 is 11.9 Å². The zero-order valence-corrected chi connectivity index (χ0v) is 5.16. The van der Waals surface area contributed by atoms with Gasteiger partial charge < -0.3 is 9.84 Å². The van der Waals surface area contributed by atoms with Gasteiger partial charge in [0.15, 0.2) is 0 Å². The number of hydrogen-bond donors (Lipinski definition) is 1. The van der Waals surface area contributed by atoms with Crippen LogP contribution >= 0.6 is 0 Å². The summed E-state index contributed by atoms with van der Waals surface area (Å²) in [7, 11) is 0. The van der Waals surface area contributed by atoms with E-state index in [0.717, 1.165) is 0 Å². The molecule has 0 bridgehead atoms. The number of hydrogen-bond acceptors (Lipinski definition) is 3. The van der Waals surface area contributed by atoms with Gasteiger partial charge in [-0.05, 0) is 0 Å². The predicted molar refractivity (Wildman–Crippen MR) is 31.8 cm³/mol. The van der Waals surface area contributed by atoms with Crippen molar-refractivity contribution < 1.29 is 19.4 Å². The summed E-state index contributed by atoms with van der Waals surface area (Å²) in [6, 6.07) is 0. The van der Waals surface area contributed by atoms with Crippen LogP contribution in [0.5, 0.6) is 0 Å². The summed E-state index contributed by atoms with van der Waals surface area (Å²) in [6.45, 7) is 0. The van der Waals surface area contributed by atoms with Crippen molar-refractivity contribution >= 4 is 11.9 Å². The van der Waals surface area contributed by atoms with Gasteiger partial charge in [-0.3, -0.25) is 9.59 Å². The molecule has 4 nitrogen and oxygen atoms in total. The average Bonchev–Trinajstić information content (AvgIpc) is 1.85. The van der Waals surface area contributed by atoms with E-state index in [1.165, 1.54) is 0 Å². The third kappa shape index (κ3) is 4.65. The second-order valence-corrected chi connectivity index (χ2v) is 1.49. The fraction of sp³-hybridized carbons (Fsp3) is 0.333. The Morgan fingerprint density at radius 2 is 2.10 bits per heavy atom. The van der Waals surface area contributed by atoms with Gasteiger partial charge in [-0.15, -0.1) is 0 Å². The normalized spacial score (nSPS) is 7.90. The largest absolute Gasteiger partial charge is 0.481 e.